The van der Waals surface area contributed by atoms with Crippen LogP contribution in [-0.4, -0.2) is 89.2 Å². The van der Waals surface area contributed by atoms with Crippen molar-refractivity contribution in [1.29, 1.82) is 0 Å². The number of aliphatic hydroxyl groups excluding tert-OH is 1. The first-order valence-electron chi connectivity index (χ1n) is 20.1. The predicted octanol–water partition coefficient (Wildman–Crippen LogP) is 5.03. The van der Waals surface area contributed by atoms with Gasteiger partial charge in [-0.1, -0.05) is 57.2 Å². The van der Waals surface area contributed by atoms with Crippen molar-refractivity contribution in [2.24, 2.45) is 5.41 Å². The van der Waals surface area contributed by atoms with Crippen LogP contribution in [0.1, 0.15) is 82.7 Å². The molecule has 1 aliphatic heterocycles. The minimum Gasteiger partial charge on any atom is -0.507 e. The second-order valence-electron chi connectivity index (χ2n) is 17.7. The molecule has 3 atom stereocenters. The van der Waals surface area contributed by atoms with Crippen molar-refractivity contribution in [3.8, 4) is 27.4 Å². The van der Waals surface area contributed by atoms with Crippen LogP contribution in [0.15, 0.2) is 66.2 Å². The van der Waals surface area contributed by atoms with Crippen LogP contribution in [0.4, 0.5) is 0 Å². The van der Waals surface area contributed by atoms with Crippen LogP contribution in [0.25, 0.3) is 32.7 Å². The summed E-state index contributed by atoms with van der Waals surface area (Å²) in [6.45, 7) is 7.74. The number of phenolic OH excluding ortho intramolecular Hbond substituents is 1. The lowest BCUT2D eigenvalue weighted by Gasteiger charge is -2.70. The Labute approximate surface area is 346 Å². The third-order valence-electron chi connectivity index (χ3n) is 12.1. The van der Waals surface area contributed by atoms with E-state index in [1.807, 2.05) is 69.6 Å². The first kappa shape index (κ1) is 40.1. The van der Waals surface area contributed by atoms with Gasteiger partial charge in [0.1, 0.15) is 17.8 Å². The first-order chi connectivity index (χ1) is 28.1. The number of benzene rings is 2. The van der Waals surface area contributed by atoms with Gasteiger partial charge >= 0.3 is 0 Å². The molecule has 15 heteroatoms. The lowest BCUT2D eigenvalue weighted by Crippen LogP contribution is -2.76. The van der Waals surface area contributed by atoms with E-state index < -0.39 is 29.5 Å². The van der Waals surface area contributed by atoms with Crippen molar-refractivity contribution in [1.82, 2.24) is 41.0 Å². The Balaban J connectivity index is 0.802. The van der Waals surface area contributed by atoms with Crippen LogP contribution < -0.4 is 16.0 Å². The molecule has 1 saturated heterocycles. The van der Waals surface area contributed by atoms with Gasteiger partial charge in [-0.3, -0.25) is 19.2 Å². The number of fused-ring (bicyclic) bond motifs is 1. The van der Waals surface area contributed by atoms with E-state index >= 15 is 0 Å². The quantitative estimate of drug-likeness (QED) is 0.0942. The zero-order valence-electron chi connectivity index (χ0n) is 33.7. The normalized spacial score (nSPS) is 22.6. The molecule has 14 nitrogen and oxygen atoms in total. The number of carbonyl (C=O) groups is 4. The van der Waals surface area contributed by atoms with Gasteiger partial charge in [-0.15, -0.1) is 21.5 Å². The number of rotatable bonds is 13. The summed E-state index contributed by atoms with van der Waals surface area (Å²) in [6.07, 6.45) is 2.17. The highest BCUT2D eigenvalue weighted by Crippen LogP contribution is 2.67. The maximum atomic E-state index is 14.0. The van der Waals surface area contributed by atoms with Gasteiger partial charge in [-0.05, 0) is 73.4 Å². The zero-order chi connectivity index (χ0) is 41.7. The largest absolute Gasteiger partial charge is 0.507 e. The third-order valence-corrected chi connectivity index (χ3v) is 13.1. The Kier molecular flexibility index (Phi) is 10.5. The van der Waals surface area contributed by atoms with Crippen LogP contribution in [0.2, 0.25) is 0 Å². The number of nitrogens with zero attached hydrogens (tertiary/aromatic N) is 4. The summed E-state index contributed by atoms with van der Waals surface area (Å²) in [5.74, 6) is -1.13. The molecule has 9 rings (SSSR count). The number of aromatic hydroxyl groups is 1. The maximum absolute atomic E-state index is 14.0. The van der Waals surface area contributed by atoms with Gasteiger partial charge in [-0.2, -0.15) is 0 Å². The number of β-amino-alcohol motifs (C(OH)–C–C–N with tert-alkyl or cyclic N) is 1. The van der Waals surface area contributed by atoms with Gasteiger partial charge in [0.2, 0.25) is 23.6 Å². The van der Waals surface area contributed by atoms with Crippen molar-refractivity contribution < 1.29 is 29.4 Å². The number of aromatic nitrogens is 4. The average Bonchev–Trinajstić information content (AvgIpc) is 3.91. The summed E-state index contributed by atoms with van der Waals surface area (Å²) >= 11 is 1.57. The summed E-state index contributed by atoms with van der Waals surface area (Å²) in [4.78, 5) is 63.9. The summed E-state index contributed by atoms with van der Waals surface area (Å²) in [5.41, 5.74) is 6.65. The van der Waals surface area contributed by atoms with Crippen molar-refractivity contribution in [3.63, 3.8) is 0 Å². The molecular formula is C44H50N8O6S. The van der Waals surface area contributed by atoms with Gasteiger partial charge in [-0.25, -0.2) is 4.98 Å². The number of thiazole rings is 1. The maximum Gasteiger partial charge on any atom is 0.246 e. The molecule has 4 aliphatic rings. The minimum absolute atomic E-state index is 0.0135. The summed E-state index contributed by atoms with van der Waals surface area (Å²) < 4.78 is 0. The molecule has 3 aromatic heterocycles. The van der Waals surface area contributed by atoms with Gasteiger partial charge in [0.25, 0.3) is 0 Å². The molecule has 4 fully saturated rings. The Morgan fingerprint density at radius 1 is 1.00 bits per heavy atom. The highest BCUT2D eigenvalue weighted by Gasteiger charge is 2.69. The average molecular weight is 819 g/mol. The molecule has 0 unspecified atom stereocenters. The molecule has 2 bridgehead atoms. The second kappa shape index (κ2) is 15.5. The number of amides is 4. The van der Waals surface area contributed by atoms with E-state index in [0.29, 0.717) is 23.3 Å². The molecule has 3 aliphatic carbocycles. The van der Waals surface area contributed by atoms with E-state index in [1.54, 1.807) is 29.5 Å². The number of phenols is 1. The standard InChI is InChI=1S/C44H50N8O6S/c1-25-37(59-24-46-25)27-14-12-26(13-15-27)19-45-40(57)32-18-29(53)20-52(32)41(58)38(42(2,3)4)48-35(55)10-7-11-36(56)49-44-21-43(22-44,23-44)34-17-28-16-31(50-51-39(28)47-34)30-8-5-6-9-33(30)54/h5-6,8-9,12-17,24,29,32,38,53-54H,7,10-11,18-23H2,1-4H3,(H,45,57)(H,47,51)(H,48,55)(H,49,56)/t29-,32+,38-,43?,44?/m1/s1. The highest BCUT2D eigenvalue weighted by molar-refractivity contribution is 7.13. The van der Waals surface area contributed by atoms with Crippen LogP contribution in [0, 0.1) is 12.3 Å². The summed E-state index contributed by atoms with van der Waals surface area (Å²) in [5, 5.41) is 39.4. The van der Waals surface area contributed by atoms with Gasteiger partial charge in [0, 0.05) is 59.9 Å². The van der Waals surface area contributed by atoms with E-state index in [2.05, 4.69) is 42.2 Å². The van der Waals surface area contributed by atoms with Crippen molar-refractivity contribution in [2.45, 2.75) is 108 Å². The number of aliphatic hydroxyl groups is 1. The number of hydrogen-bond acceptors (Lipinski definition) is 10. The number of para-hydroxylation sites is 1. The number of hydrogen-bond donors (Lipinski definition) is 6. The molecule has 0 radical (unpaired) electrons. The molecule has 6 N–H and O–H groups in total. The minimum atomic E-state index is -0.947. The summed E-state index contributed by atoms with van der Waals surface area (Å²) in [7, 11) is 0. The first-order valence-corrected chi connectivity index (χ1v) is 21.0. The zero-order valence-corrected chi connectivity index (χ0v) is 34.5. The van der Waals surface area contributed by atoms with Crippen LogP contribution in [0.5, 0.6) is 5.75 Å². The third kappa shape index (κ3) is 8.05. The van der Waals surface area contributed by atoms with Crippen LogP contribution in [0.3, 0.4) is 0 Å². The van der Waals surface area contributed by atoms with Crippen LogP contribution in [-0.2, 0) is 31.1 Å². The number of likely N-dealkylation sites (tertiary alicyclic amines) is 1. The van der Waals surface area contributed by atoms with Crippen LogP contribution >= 0.6 is 11.3 Å². The summed E-state index contributed by atoms with van der Waals surface area (Å²) in [6, 6.07) is 17.1. The van der Waals surface area contributed by atoms with Gasteiger partial charge < -0.3 is 36.0 Å². The lowest BCUT2D eigenvalue weighted by atomic mass is 9.38. The highest BCUT2D eigenvalue weighted by atomic mass is 32.1. The molecule has 59 heavy (non-hydrogen) atoms. The predicted molar refractivity (Wildman–Crippen MR) is 223 cm³/mol. The lowest BCUT2D eigenvalue weighted by molar-refractivity contribution is -0.144. The molecular weight excluding hydrogens is 769 g/mol. The second-order valence-corrected chi connectivity index (χ2v) is 18.5. The number of aromatic amines is 1. The number of aryl methyl sites for hydroxylation is 1. The Hall–Kier alpha value is -5.67. The number of nitrogens with one attached hydrogen (secondary N) is 4. The van der Waals surface area contributed by atoms with Crippen molar-refractivity contribution in [3.05, 3.63) is 83.1 Å². The topological polar surface area (TPSA) is 203 Å². The van der Waals surface area contributed by atoms with Crippen molar-refractivity contribution >= 4 is 46.0 Å². The van der Waals surface area contributed by atoms with E-state index in [4.69, 9.17) is 0 Å². The van der Waals surface area contributed by atoms with E-state index in [0.717, 1.165) is 52.0 Å². The Morgan fingerprint density at radius 2 is 1.73 bits per heavy atom. The number of carbonyl (C=O) groups excluding carboxylic acids is 4. The molecule has 5 aromatic rings. The Morgan fingerprint density at radius 3 is 2.42 bits per heavy atom. The van der Waals surface area contributed by atoms with E-state index in [-0.39, 0.29) is 66.8 Å². The monoisotopic (exact) mass is 818 g/mol. The molecule has 308 valence electrons. The smallest absolute Gasteiger partial charge is 0.246 e. The van der Waals surface area contributed by atoms with E-state index in [9.17, 15) is 29.4 Å². The van der Waals surface area contributed by atoms with E-state index in [1.165, 1.54) is 4.90 Å². The fraction of sp³-hybridized carbons (Fsp3) is 0.432. The van der Waals surface area contributed by atoms with Gasteiger partial charge in [0.05, 0.1) is 27.9 Å². The number of H-pyrrole nitrogens is 1. The fourth-order valence-electron chi connectivity index (χ4n) is 9.03. The van der Waals surface area contributed by atoms with Gasteiger partial charge in [0.15, 0.2) is 5.65 Å². The SMILES string of the molecule is Cc1ncsc1-c1ccc(CNC(=O)[C@@H]2C[C@@H](O)CN2C(=O)[C@@H](NC(=O)CCCC(=O)NC23CC(c4cc5cc(-c6ccccc6O)nnc5[nH]4)(C2)C3)C(C)(C)C)cc1. The molecule has 0 spiro atoms. The molecule has 4 amide bonds. The Bertz CT molecular complexity index is 2400. The molecule has 4 heterocycles. The fourth-order valence-corrected chi connectivity index (χ4v) is 9.84. The van der Waals surface area contributed by atoms with Crippen molar-refractivity contribution in [2.75, 3.05) is 6.54 Å². The molecule has 2 aromatic carbocycles. The molecule has 3 saturated carbocycles.